The Morgan fingerprint density at radius 2 is 1.89 bits per heavy atom. The van der Waals surface area contributed by atoms with E-state index in [2.05, 4.69) is 6.58 Å². The smallest absolute Gasteiger partial charge is 0.421 e. The number of imide groups is 1. The summed E-state index contributed by atoms with van der Waals surface area (Å²) in [5, 5.41) is 20.3. The highest BCUT2D eigenvalue weighted by Crippen LogP contribution is 2.37. The second kappa shape index (κ2) is 8.03. The van der Waals surface area contributed by atoms with Crippen LogP contribution in [0, 0.1) is 0 Å². The van der Waals surface area contributed by atoms with Crippen molar-refractivity contribution in [1.82, 2.24) is 0 Å². The number of aliphatic hydroxyl groups excluding tert-OH is 2. The maximum Gasteiger partial charge on any atom is 0.421 e. The van der Waals surface area contributed by atoms with Crippen LogP contribution >= 0.6 is 0 Å². The maximum absolute atomic E-state index is 12.3. The van der Waals surface area contributed by atoms with Crippen LogP contribution in [0.2, 0.25) is 0 Å². The number of fused-ring (bicyclic) bond motifs is 1. The number of rotatable bonds is 5. The Kier molecular flexibility index (Phi) is 5.54. The zero-order valence-corrected chi connectivity index (χ0v) is 14.4. The lowest BCUT2D eigenvalue weighted by atomic mass is 9.96. The quantitative estimate of drug-likeness (QED) is 0.786. The summed E-state index contributed by atoms with van der Waals surface area (Å²) in [4.78, 5) is 25.2. The Labute approximate surface area is 156 Å². The van der Waals surface area contributed by atoms with E-state index in [0.717, 1.165) is 5.56 Å². The first-order valence-electron chi connectivity index (χ1n) is 8.31. The summed E-state index contributed by atoms with van der Waals surface area (Å²) in [6, 6.07) is 14.0. The van der Waals surface area contributed by atoms with Gasteiger partial charge in [-0.3, -0.25) is 4.79 Å². The normalized spacial score (nSPS) is 18.6. The second-order valence-corrected chi connectivity index (χ2v) is 5.92. The average molecular weight is 369 g/mol. The third-order valence-corrected chi connectivity index (χ3v) is 4.09. The van der Waals surface area contributed by atoms with Crippen LogP contribution in [0.3, 0.4) is 0 Å². The van der Waals surface area contributed by atoms with Crippen LogP contribution in [0.1, 0.15) is 17.2 Å². The van der Waals surface area contributed by atoms with Crippen LogP contribution in [0.4, 0.5) is 10.5 Å². The third kappa shape index (κ3) is 3.84. The largest absolute Gasteiger partial charge is 0.489 e. The summed E-state index contributed by atoms with van der Waals surface area (Å²) >= 11 is 0. The number of carbonyl (C=O) groups excluding carboxylic acids is 2. The molecular formula is C20H19NO6. The number of nitrogens with zero attached hydrogens (tertiary/aromatic N) is 1. The summed E-state index contributed by atoms with van der Waals surface area (Å²) in [6.07, 6.45) is -2.85. The molecule has 2 amide bonds. The van der Waals surface area contributed by atoms with Gasteiger partial charge in [0.2, 0.25) is 0 Å². The van der Waals surface area contributed by atoms with Crippen LogP contribution < -0.4 is 9.64 Å². The van der Waals surface area contributed by atoms with E-state index in [9.17, 15) is 19.8 Å². The molecule has 2 aromatic carbocycles. The molecule has 140 valence electrons. The topological polar surface area (TPSA) is 96.3 Å². The number of aliphatic hydroxyl groups is 2. The van der Waals surface area contributed by atoms with E-state index in [1.807, 2.05) is 30.3 Å². The van der Waals surface area contributed by atoms with E-state index in [1.54, 1.807) is 6.07 Å². The SMILES string of the molecule is C=CCOC(=O)N1C(=O)[C@H](O)[C@@H](O)c2cc(OCc3ccccc3)ccc21. The monoisotopic (exact) mass is 369 g/mol. The summed E-state index contributed by atoms with van der Waals surface area (Å²) in [5.74, 6) is -0.528. The van der Waals surface area contributed by atoms with Crippen molar-refractivity contribution in [2.45, 2.75) is 18.8 Å². The molecule has 2 N–H and O–H groups in total. The lowest BCUT2D eigenvalue weighted by Crippen LogP contribution is -2.49. The Hall–Kier alpha value is -3.16. The molecule has 0 bridgehead atoms. The highest BCUT2D eigenvalue weighted by molar-refractivity contribution is 6.16. The number of hydrogen-bond acceptors (Lipinski definition) is 6. The van der Waals surface area contributed by atoms with Crippen molar-refractivity contribution >= 4 is 17.7 Å². The minimum Gasteiger partial charge on any atom is -0.489 e. The Bertz CT molecular complexity index is 851. The number of hydrogen-bond donors (Lipinski definition) is 2. The van der Waals surface area contributed by atoms with Crippen molar-refractivity contribution < 1.29 is 29.3 Å². The molecule has 0 aliphatic carbocycles. The van der Waals surface area contributed by atoms with Gasteiger partial charge >= 0.3 is 6.09 Å². The van der Waals surface area contributed by atoms with Gasteiger partial charge in [-0.15, -0.1) is 0 Å². The standard InChI is InChI=1S/C20H19NO6/c1-2-10-26-20(25)21-16-9-8-14(27-12-13-6-4-3-5-7-13)11-15(16)17(22)18(23)19(21)24/h2-9,11,17-18,22-23H,1,10,12H2/t17-,18+/m0/s1. The summed E-state index contributed by atoms with van der Waals surface area (Å²) in [7, 11) is 0. The molecule has 0 unspecified atom stereocenters. The van der Waals surface area contributed by atoms with E-state index >= 15 is 0 Å². The molecule has 0 fully saturated rings. The lowest BCUT2D eigenvalue weighted by Gasteiger charge is -2.33. The van der Waals surface area contributed by atoms with Crippen LogP contribution in [0.25, 0.3) is 0 Å². The van der Waals surface area contributed by atoms with E-state index in [-0.39, 0.29) is 17.9 Å². The van der Waals surface area contributed by atoms with Crippen LogP contribution in [0.5, 0.6) is 5.75 Å². The number of anilines is 1. The molecule has 1 aliphatic heterocycles. The molecule has 0 spiro atoms. The zero-order valence-electron chi connectivity index (χ0n) is 14.4. The molecule has 0 aromatic heterocycles. The van der Waals surface area contributed by atoms with Crippen LogP contribution in [-0.4, -0.2) is 34.9 Å². The first-order valence-corrected chi connectivity index (χ1v) is 8.31. The summed E-state index contributed by atoms with van der Waals surface area (Å²) in [6.45, 7) is 3.66. The molecule has 0 radical (unpaired) electrons. The molecule has 0 saturated carbocycles. The Morgan fingerprint density at radius 3 is 2.59 bits per heavy atom. The van der Waals surface area contributed by atoms with Gasteiger partial charge in [0, 0.05) is 5.56 Å². The van der Waals surface area contributed by atoms with Crippen molar-refractivity contribution in [3.05, 3.63) is 72.3 Å². The lowest BCUT2D eigenvalue weighted by molar-refractivity contribution is -0.133. The fraction of sp³-hybridized carbons (Fsp3) is 0.200. The number of carbonyl (C=O) groups is 2. The molecule has 0 saturated heterocycles. The molecule has 27 heavy (non-hydrogen) atoms. The molecule has 2 atom stereocenters. The maximum atomic E-state index is 12.3. The second-order valence-electron chi connectivity index (χ2n) is 5.92. The first-order chi connectivity index (χ1) is 13.0. The van der Waals surface area contributed by atoms with Crippen molar-refractivity contribution in [2.75, 3.05) is 11.5 Å². The number of benzene rings is 2. The van der Waals surface area contributed by atoms with Gasteiger partial charge in [0.15, 0.2) is 6.10 Å². The van der Waals surface area contributed by atoms with Gasteiger partial charge in [0.25, 0.3) is 5.91 Å². The van der Waals surface area contributed by atoms with E-state index in [0.29, 0.717) is 17.3 Å². The minimum absolute atomic E-state index is 0.0884. The van der Waals surface area contributed by atoms with Gasteiger partial charge in [0.1, 0.15) is 25.1 Å². The first kappa shape index (κ1) is 18.6. The Balaban J connectivity index is 1.87. The van der Waals surface area contributed by atoms with Crippen molar-refractivity contribution in [2.24, 2.45) is 0 Å². The molecule has 1 heterocycles. The fourth-order valence-electron chi connectivity index (χ4n) is 2.74. The van der Waals surface area contributed by atoms with Gasteiger partial charge in [-0.05, 0) is 23.8 Å². The number of ether oxygens (including phenoxy) is 2. The average Bonchev–Trinajstić information content (AvgIpc) is 2.70. The number of amides is 2. The van der Waals surface area contributed by atoms with Crippen LogP contribution in [-0.2, 0) is 16.1 Å². The minimum atomic E-state index is -1.78. The zero-order chi connectivity index (χ0) is 19.4. The Morgan fingerprint density at radius 1 is 1.15 bits per heavy atom. The van der Waals surface area contributed by atoms with Crippen molar-refractivity contribution in [1.29, 1.82) is 0 Å². The fourth-order valence-corrected chi connectivity index (χ4v) is 2.74. The molecule has 1 aliphatic rings. The summed E-state index contributed by atoms with van der Waals surface area (Å²) in [5.41, 5.74) is 1.29. The molecule has 3 rings (SSSR count). The van der Waals surface area contributed by atoms with Gasteiger partial charge < -0.3 is 19.7 Å². The highest BCUT2D eigenvalue weighted by Gasteiger charge is 2.42. The predicted molar refractivity (Wildman–Crippen MR) is 97.2 cm³/mol. The van der Waals surface area contributed by atoms with E-state index < -0.39 is 24.2 Å². The molecule has 7 heteroatoms. The molecule has 2 aromatic rings. The van der Waals surface area contributed by atoms with Gasteiger partial charge in [-0.1, -0.05) is 43.0 Å². The molecule has 7 nitrogen and oxygen atoms in total. The van der Waals surface area contributed by atoms with Crippen molar-refractivity contribution in [3.8, 4) is 5.75 Å². The summed E-state index contributed by atoms with van der Waals surface area (Å²) < 4.78 is 10.6. The van der Waals surface area contributed by atoms with Gasteiger partial charge in [-0.25, -0.2) is 9.69 Å². The van der Waals surface area contributed by atoms with E-state index in [4.69, 9.17) is 9.47 Å². The van der Waals surface area contributed by atoms with Gasteiger partial charge in [-0.2, -0.15) is 0 Å². The van der Waals surface area contributed by atoms with Crippen molar-refractivity contribution in [3.63, 3.8) is 0 Å². The van der Waals surface area contributed by atoms with Crippen LogP contribution in [0.15, 0.2) is 61.2 Å². The van der Waals surface area contributed by atoms with Gasteiger partial charge in [0.05, 0.1) is 5.69 Å². The third-order valence-electron chi connectivity index (χ3n) is 4.09. The highest BCUT2D eigenvalue weighted by atomic mass is 16.6. The van der Waals surface area contributed by atoms with E-state index in [1.165, 1.54) is 18.2 Å². The molecular weight excluding hydrogens is 350 g/mol. The predicted octanol–water partition coefficient (Wildman–Crippen LogP) is 2.33.